The fourth-order valence-corrected chi connectivity index (χ4v) is 3.73. The van der Waals surface area contributed by atoms with Crippen LogP contribution in [0.3, 0.4) is 0 Å². The summed E-state index contributed by atoms with van der Waals surface area (Å²) in [5.74, 6) is 0.210. The Hall–Kier alpha value is -2.14. The number of aromatic nitrogens is 2. The average molecular weight is 340 g/mol. The summed E-state index contributed by atoms with van der Waals surface area (Å²) in [6, 6.07) is 12.6. The summed E-state index contributed by atoms with van der Waals surface area (Å²) in [7, 11) is 2.12. The summed E-state index contributed by atoms with van der Waals surface area (Å²) in [5, 5.41) is 4.54. The topological polar surface area (TPSA) is 41.4 Å². The third-order valence-electron chi connectivity index (χ3n) is 5.02. The molecule has 1 aromatic heterocycles. The smallest absolute Gasteiger partial charge is 0.225 e. The third kappa shape index (κ3) is 3.93. The van der Waals surface area contributed by atoms with Gasteiger partial charge in [0.25, 0.3) is 0 Å². The third-order valence-corrected chi connectivity index (χ3v) is 5.02. The largest absolute Gasteiger partial charge is 0.333 e. The second-order valence-electron chi connectivity index (χ2n) is 7.20. The molecule has 134 valence electrons. The van der Waals surface area contributed by atoms with Crippen molar-refractivity contribution in [2.75, 3.05) is 26.7 Å². The van der Waals surface area contributed by atoms with Gasteiger partial charge in [0.1, 0.15) is 0 Å². The Balaban J connectivity index is 1.76. The lowest BCUT2D eigenvalue weighted by Gasteiger charge is -2.40. The van der Waals surface area contributed by atoms with Crippen LogP contribution in [0.4, 0.5) is 0 Å². The van der Waals surface area contributed by atoms with Gasteiger partial charge in [-0.15, -0.1) is 0 Å². The highest BCUT2D eigenvalue weighted by molar-refractivity contribution is 5.77. The van der Waals surface area contributed by atoms with Crippen molar-refractivity contribution >= 4 is 5.91 Å². The van der Waals surface area contributed by atoms with Crippen molar-refractivity contribution in [3.8, 4) is 0 Å². The predicted molar refractivity (Wildman–Crippen MR) is 99.4 cm³/mol. The number of piperazine rings is 1. The van der Waals surface area contributed by atoms with Gasteiger partial charge >= 0.3 is 0 Å². The Kier molecular flexibility index (Phi) is 5.23. The van der Waals surface area contributed by atoms with E-state index in [-0.39, 0.29) is 18.0 Å². The van der Waals surface area contributed by atoms with E-state index in [1.807, 2.05) is 36.7 Å². The highest BCUT2D eigenvalue weighted by Gasteiger charge is 2.31. The average Bonchev–Trinajstić information content (AvgIpc) is 2.94. The minimum absolute atomic E-state index is 0.0669. The maximum atomic E-state index is 13.1. The van der Waals surface area contributed by atoms with Gasteiger partial charge in [-0.05, 0) is 39.4 Å². The number of rotatable bonds is 4. The van der Waals surface area contributed by atoms with E-state index >= 15 is 0 Å². The first-order chi connectivity index (χ1) is 12.0. The number of aryl methyl sites for hydroxylation is 2. The Bertz CT molecular complexity index is 725. The Morgan fingerprint density at radius 3 is 2.60 bits per heavy atom. The SMILES string of the molecule is Cc1cc(C)n([C@@H](C)CC(=O)N2CCN(C)C[C@@H]2c2ccccc2)n1. The summed E-state index contributed by atoms with van der Waals surface area (Å²) < 4.78 is 1.97. The van der Waals surface area contributed by atoms with Crippen molar-refractivity contribution in [2.24, 2.45) is 0 Å². The first-order valence-electron chi connectivity index (χ1n) is 9.01. The first-order valence-corrected chi connectivity index (χ1v) is 9.01. The number of nitrogens with zero attached hydrogens (tertiary/aromatic N) is 4. The number of carbonyl (C=O) groups excluding carboxylic acids is 1. The van der Waals surface area contributed by atoms with Gasteiger partial charge in [0.05, 0.1) is 17.8 Å². The van der Waals surface area contributed by atoms with Crippen LogP contribution in [0.1, 0.15) is 42.4 Å². The van der Waals surface area contributed by atoms with E-state index in [9.17, 15) is 4.79 Å². The molecule has 0 saturated carbocycles. The zero-order valence-corrected chi connectivity index (χ0v) is 15.6. The molecule has 0 bridgehead atoms. The van der Waals surface area contributed by atoms with Crippen LogP contribution in [0.25, 0.3) is 0 Å². The summed E-state index contributed by atoms with van der Waals surface area (Å²) in [5.41, 5.74) is 3.32. The van der Waals surface area contributed by atoms with Crippen LogP contribution in [0.15, 0.2) is 36.4 Å². The van der Waals surface area contributed by atoms with E-state index in [0.717, 1.165) is 31.0 Å². The molecule has 0 unspecified atom stereocenters. The highest BCUT2D eigenvalue weighted by atomic mass is 16.2. The van der Waals surface area contributed by atoms with E-state index in [0.29, 0.717) is 6.42 Å². The molecule has 3 rings (SSSR count). The molecular formula is C20H28N4O. The first kappa shape index (κ1) is 17.7. The Morgan fingerprint density at radius 1 is 1.24 bits per heavy atom. The van der Waals surface area contributed by atoms with Crippen molar-refractivity contribution in [3.63, 3.8) is 0 Å². The van der Waals surface area contributed by atoms with Crippen molar-refractivity contribution in [3.05, 3.63) is 53.3 Å². The number of likely N-dealkylation sites (N-methyl/N-ethyl adjacent to an activating group) is 1. The summed E-state index contributed by atoms with van der Waals surface area (Å²) in [4.78, 5) is 17.4. The lowest BCUT2D eigenvalue weighted by molar-refractivity contribution is -0.137. The molecule has 5 nitrogen and oxygen atoms in total. The lowest BCUT2D eigenvalue weighted by atomic mass is 10.0. The normalized spacial score (nSPS) is 19.8. The molecule has 0 N–H and O–H groups in total. The van der Waals surface area contributed by atoms with Crippen LogP contribution < -0.4 is 0 Å². The molecule has 2 atom stereocenters. The van der Waals surface area contributed by atoms with E-state index in [1.165, 1.54) is 5.56 Å². The van der Waals surface area contributed by atoms with E-state index in [2.05, 4.69) is 47.1 Å². The highest BCUT2D eigenvalue weighted by Crippen LogP contribution is 2.27. The Morgan fingerprint density at radius 2 is 1.96 bits per heavy atom. The summed E-state index contributed by atoms with van der Waals surface area (Å²) in [6.45, 7) is 8.69. The van der Waals surface area contributed by atoms with Gasteiger partial charge in [-0.3, -0.25) is 9.48 Å². The quantitative estimate of drug-likeness (QED) is 0.859. The molecule has 1 aliphatic rings. The Labute approximate surface area is 150 Å². The van der Waals surface area contributed by atoms with Gasteiger partial charge in [0, 0.05) is 31.7 Å². The molecule has 0 aliphatic carbocycles. The lowest BCUT2D eigenvalue weighted by Crippen LogP contribution is -2.49. The zero-order valence-electron chi connectivity index (χ0n) is 15.6. The maximum absolute atomic E-state index is 13.1. The molecule has 5 heteroatoms. The van der Waals surface area contributed by atoms with Gasteiger partial charge in [-0.25, -0.2) is 0 Å². The number of benzene rings is 1. The number of hydrogen-bond acceptors (Lipinski definition) is 3. The number of amides is 1. The van der Waals surface area contributed by atoms with Crippen molar-refractivity contribution in [2.45, 2.75) is 39.3 Å². The van der Waals surface area contributed by atoms with Gasteiger partial charge in [0.15, 0.2) is 0 Å². The maximum Gasteiger partial charge on any atom is 0.225 e. The summed E-state index contributed by atoms with van der Waals surface area (Å²) in [6.07, 6.45) is 0.481. The second-order valence-corrected chi connectivity index (χ2v) is 7.20. The van der Waals surface area contributed by atoms with E-state index < -0.39 is 0 Å². The van der Waals surface area contributed by atoms with E-state index in [4.69, 9.17) is 0 Å². The van der Waals surface area contributed by atoms with E-state index in [1.54, 1.807) is 0 Å². The van der Waals surface area contributed by atoms with Gasteiger partial charge in [0.2, 0.25) is 5.91 Å². The van der Waals surface area contributed by atoms with Crippen molar-refractivity contribution in [1.29, 1.82) is 0 Å². The van der Waals surface area contributed by atoms with Crippen LogP contribution in [0.2, 0.25) is 0 Å². The molecule has 1 aromatic carbocycles. The minimum atomic E-state index is 0.0669. The van der Waals surface area contributed by atoms with Gasteiger partial charge < -0.3 is 9.80 Å². The van der Waals surface area contributed by atoms with Crippen LogP contribution in [-0.4, -0.2) is 52.2 Å². The fourth-order valence-electron chi connectivity index (χ4n) is 3.73. The number of carbonyl (C=O) groups is 1. The molecule has 1 saturated heterocycles. The molecule has 2 aromatic rings. The van der Waals surface area contributed by atoms with Crippen LogP contribution in [0.5, 0.6) is 0 Å². The molecule has 2 heterocycles. The molecule has 0 spiro atoms. The van der Waals surface area contributed by atoms with Crippen LogP contribution in [0, 0.1) is 13.8 Å². The molecule has 0 radical (unpaired) electrons. The van der Waals surface area contributed by atoms with Crippen LogP contribution in [-0.2, 0) is 4.79 Å². The van der Waals surface area contributed by atoms with Crippen LogP contribution >= 0.6 is 0 Å². The molecule has 1 fully saturated rings. The summed E-state index contributed by atoms with van der Waals surface area (Å²) >= 11 is 0. The minimum Gasteiger partial charge on any atom is -0.333 e. The monoisotopic (exact) mass is 340 g/mol. The van der Waals surface area contributed by atoms with Crippen molar-refractivity contribution in [1.82, 2.24) is 19.6 Å². The fraction of sp³-hybridized carbons (Fsp3) is 0.500. The second kappa shape index (κ2) is 7.40. The molecule has 25 heavy (non-hydrogen) atoms. The molecular weight excluding hydrogens is 312 g/mol. The predicted octanol–water partition coefficient (Wildman–Crippen LogP) is 2.97. The molecule has 1 amide bonds. The van der Waals surface area contributed by atoms with Gasteiger partial charge in [-0.2, -0.15) is 5.10 Å². The van der Waals surface area contributed by atoms with Crippen molar-refractivity contribution < 1.29 is 4.79 Å². The number of hydrogen-bond donors (Lipinski definition) is 0. The standard InChI is InChI=1S/C20H28N4O/c1-15-12-16(2)24(21-15)17(3)13-20(25)23-11-10-22(4)14-19(23)18-8-6-5-7-9-18/h5-9,12,17,19H,10-11,13-14H2,1-4H3/t17-,19+/m0/s1. The molecule has 1 aliphatic heterocycles. The zero-order chi connectivity index (χ0) is 18.0. The van der Waals surface area contributed by atoms with Gasteiger partial charge in [-0.1, -0.05) is 30.3 Å².